The van der Waals surface area contributed by atoms with Crippen molar-refractivity contribution in [1.82, 2.24) is 9.80 Å². The van der Waals surface area contributed by atoms with Crippen molar-refractivity contribution in [3.8, 4) is 0 Å². The molecule has 0 radical (unpaired) electrons. The van der Waals surface area contributed by atoms with Crippen molar-refractivity contribution in [2.45, 2.75) is 335 Å². The van der Waals surface area contributed by atoms with E-state index in [9.17, 15) is 0 Å². The second-order valence-corrected chi connectivity index (χ2v) is 19.9. The molecule has 0 atom stereocenters. The van der Waals surface area contributed by atoms with E-state index < -0.39 is 0 Å². The number of hydrogen-bond acceptors (Lipinski definition) is 2. The van der Waals surface area contributed by atoms with Gasteiger partial charge in [0, 0.05) is 13.1 Å². The first-order valence-corrected chi connectivity index (χ1v) is 28.3. The molecule has 1 saturated heterocycles. The summed E-state index contributed by atoms with van der Waals surface area (Å²) < 4.78 is 0. The first kappa shape index (κ1) is 55.9. The van der Waals surface area contributed by atoms with Crippen LogP contribution in [0.5, 0.6) is 0 Å². The SMILES string of the molecule is CCCCCCCCCCCCCCCCCCN1CCN(CCCCCCCCCCCCCCCCCC)C1CCCCCCCCCCCCCCCCC. The molecule has 1 aliphatic rings. The van der Waals surface area contributed by atoms with Gasteiger partial charge < -0.3 is 0 Å². The molecule has 1 aliphatic heterocycles. The Balaban J connectivity index is 2.19. The first-order valence-electron chi connectivity index (χ1n) is 28.3. The summed E-state index contributed by atoms with van der Waals surface area (Å²) in [5.41, 5.74) is 0. The van der Waals surface area contributed by atoms with Crippen molar-refractivity contribution in [1.29, 1.82) is 0 Å². The van der Waals surface area contributed by atoms with Crippen LogP contribution in [-0.2, 0) is 0 Å². The van der Waals surface area contributed by atoms with Crippen molar-refractivity contribution in [2.24, 2.45) is 0 Å². The van der Waals surface area contributed by atoms with E-state index in [0.717, 1.165) is 6.17 Å². The third-order valence-electron chi connectivity index (χ3n) is 14.2. The second kappa shape index (κ2) is 48.0. The zero-order valence-electron chi connectivity index (χ0n) is 41.2. The maximum atomic E-state index is 2.93. The van der Waals surface area contributed by atoms with Gasteiger partial charge in [-0.3, -0.25) is 9.80 Å². The van der Waals surface area contributed by atoms with E-state index >= 15 is 0 Å². The van der Waals surface area contributed by atoms with Crippen molar-refractivity contribution in [3.05, 3.63) is 0 Å². The maximum Gasteiger partial charge on any atom is 0.0623 e. The third kappa shape index (κ3) is 38.8. The predicted molar refractivity (Wildman–Crippen MR) is 266 cm³/mol. The zero-order chi connectivity index (χ0) is 41.5. The van der Waals surface area contributed by atoms with Crippen LogP contribution in [-0.4, -0.2) is 42.1 Å². The summed E-state index contributed by atoms with van der Waals surface area (Å²) in [4.78, 5) is 5.86. The van der Waals surface area contributed by atoms with Gasteiger partial charge in [0.2, 0.25) is 0 Å². The van der Waals surface area contributed by atoms with Crippen LogP contribution in [0.15, 0.2) is 0 Å². The fraction of sp³-hybridized carbons (Fsp3) is 1.00. The van der Waals surface area contributed by atoms with Crippen LogP contribution in [0, 0.1) is 0 Å². The van der Waals surface area contributed by atoms with Crippen LogP contribution in [0.1, 0.15) is 329 Å². The Labute approximate surface area is 369 Å². The molecule has 1 heterocycles. The predicted octanol–water partition coefficient (Wildman–Crippen LogP) is 19.7. The lowest BCUT2D eigenvalue weighted by molar-refractivity contribution is 0.120. The van der Waals surface area contributed by atoms with Gasteiger partial charge in [-0.2, -0.15) is 0 Å². The normalized spacial score (nSPS) is 14.1. The highest BCUT2D eigenvalue weighted by Crippen LogP contribution is 2.24. The van der Waals surface area contributed by atoms with Crippen molar-refractivity contribution in [3.63, 3.8) is 0 Å². The van der Waals surface area contributed by atoms with Crippen molar-refractivity contribution in [2.75, 3.05) is 26.2 Å². The molecule has 0 aromatic heterocycles. The number of unbranched alkanes of at least 4 members (excludes halogenated alkanes) is 44. The monoisotopic (exact) mass is 815 g/mol. The molecular formula is C56H114N2. The number of hydrogen-bond donors (Lipinski definition) is 0. The lowest BCUT2D eigenvalue weighted by Crippen LogP contribution is -2.39. The van der Waals surface area contributed by atoms with E-state index in [2.05, 4.69) is 30.6 Å². The Kier molecular flexibility index (Phi) is 46.3. The summed E-state index contributed by atoms with van der Waals surface area (Å²) in [6.07, 6.45) is 71.1. The molecule has 0 N–H and O–H groups in total. The van der Waals surface area contributed by atoms with Gasteiger partial charge >= 0.3 is 0 Å². The minimum Gasteiger partial charge on any atom is -0.287 e. The van der Waals surface area contributed by atoms with E-state index in [-0.39, 0.29) is 0 Å². The van der Waals surface area contributed by atoms with Crippen LogP contribution in [0.25, 0.3) is 0 Å². The lowest BCUT2D eigenvalue weighted by Gasteiger charge is -2.30. The summed E-state index contributed by atoms with van der Waals surface area (Å²) in [6.45, 7) is 12.3. The summed E-state index contributed by atoms with van der Waals surface area (Å²) in [5, 5.41) is 0. The molecule has 0 amide bonds. The number of nitrogens with zero attached hydrogens (tertiary/aromatic N) is 2. The summed E-state index contributed by atoms with van der Waals surface area (Å²) in [5.74, 6) is 0. The largest absolute Gasteiger partial charge is 0.287 e. The Morgan fingerprint density at radius 2 is 0.397 bits per heavy atom. The highest BCUT2D eigenvalue weighted by molar-refractivity contribution is 4.82. The molecule has 2 nitrogen and oxygen atoms in total. The van der Waals surface area contributed by atoms with Gasteiger partial charge in [-0.15, -0.1) is 0 Å². The topological polar surface area (TPSA) is 6.48 Å². The molecule has 0 aromatic rings. The molecule has 1 fully saturated rings. The van der Waals surface area contributed by atoms with Gasteiger partial charge in [0.1, 0.15) is 0 Å². The van der Waals surface area contributed by atoms with E-state index in [1.807, 2.05) is 0 Å². The van der Waals surface area contributed by atoms with Crippen molar-refractivity contribution >= 4 is 0 Å². The van der Waals surface area contributed by atoms with Crippen LogP contribution >= 0.6 is 0 Å². The van der Waals surface area contributed by atoms with Gasteiger partial charge in [0.25, 0.3) is 0 Å². The Bertz CT molecular complexity index is 692. The zero-order valence-corrected chi connectivity index (χ0v) is 41.2. The van der Waals surface area contributed by atoms with E-state index in [1.54, 1.807) is 0 Å². The molecule has 58 heavy (non-hydrogen) atoms. The molecule has 0 bridgehead atoms. The molecule has 0 spiro atoms. The molecular weight excluding hydrogens is 701 g/mol. The molecule has 0 aliphatic carbocycles. The first-order chi connectivity index (χ1) is 28.8. The fourth-order valence-electron chi connectivity index (χ4n) is 10.1. The van der Waals surface area contributed by atoms with Crippen LogP contribution in [0.4, 0.5) is 0 Å². The molecule has 0 aromatic carbocycles. The fourth-order valence-corrected chi connectivity index (χ4v) is 10.1. The van der Waals surface area contributed by atoms with Crippen LogP contribution < -0.4 is 0 Å². The quantitative estimate of drug-likeness (QED) is 0.0565. The standard InChI is InChI=1S/C56H114N2/c1-4-7-10-13-16-19-22-25-28-31-34-37-40-43-46-49-52-57-54-55-58(53-50-47-44-41-38-35-32-29-26-23-20-17-14-11-8-5-2)56(57)51-48-45-42-39-36-33-30-27-24-21-18-15-12-9-6-3/h56H,4-55H2,1-3H3. The summed E-state index contributed by atoms with van der Waals surface area (Å²) in [7, 11) is 0. The van der Waals surface area contributed by atoms with Crippen LogP contribution in [0.3, 0.4) is 0 Å². The number of rotatable bonds is 50. The smallest absolute Gasteiger partial charge is 0.0623 e. The highest BCUT2D eigenvalue weighted by Gasteiger charge is 2.30. The average Bonchev–Trinajstić information content (AvgIpc) is 3.62. The molecule has 0 unspecified atom stereocenters. The summed E-state index contributed by atoms with van der Waals surface area (Å²) in [6, 6.07) is 0. The molecule has 1 rings (SSSR count). The molecule has 2 heteroatoms. The Hall–Kier alpha value is -0.0800. The highest BCUT2D eigenvalue weighted by atomic mass is 15.4. The minimum absolute atomic E-state index is 0.745. The molecule has 0 saturated carbocycles. The second-order valence-electron chi connectivity index (χ2n) is 19.9. The Morgan fingerprint density at radius 1 is 0.224 bits per heavy atom. The van der Waals surface area contributed by atoms with Gasteiger partial charge in [-0.25, -0.2) is 0 Å². The van der Waals surface area contributed by atoms with Gasteiger partial charge in [0.15, 0.2) is 0 Å². The van der Waals surface area contributed by atoms with Gasteiger partial charge in [-0.1, -0.05) is 310 Å². The lowest BCUT2D eigenvalue weighted by atomic mass is 10.0. The van der Waals surface area contributed by atoms with Gasteiger partial charge in [-0.05, 0) is 32.4 Å². The Morgan fingerprint density at radius 3 is 0.603 bits per heavy atom. The van der Waals surface area contributed by atoms with E-state index in [1.165, 1.54) is 334 Å². The van der Waals surface area contributed by atoms with E-state index in [0.29, 0.717) is 0 Å². The van der Waals surface area contributed by atoms with Crippen molar-refractivity contribution < 1.29 is 0 Å². The third-order valence-corrected chi connectivity index (χ3v) is 14.2. The van der Waals surface area contributed by atoms with E-state index in [4.69, 9.17) is 0 Å². The van der Waals surface area contributed by atoms with Gasteiger partial charge in [0.05, 0.1) is 6.17 Å². The molecule has 348 valence electrons. The van der Waals surface area contributed by atoms with Crippen LogP contribution in [0.2, 0.25) is 0 Å². The minimum atomic E-state index is 0.745. The summed E-state index contributed by atoms with van der Waals surface area (Å²) >= 11 is 0. The maximum absolute atomic E-state index is 2.93. The average molecular weight is 816 g/mol.